The highest BCUT2D eigenvalue weighted by molar-refractivity contribution is 5.96. The summed E-state index contributed by atoms with van der Waals surface area (Å²) >= 11 is 0. The number of ketones is 1. The molecular formula is C14H8F6N2O. The van der Waals surface area contributed by atoms with Crippen molar-refractivity contribution in [1.82, 2.24) is 4.98 Å². The number of alkyl halides is 6. The summed E-state index contributed by atoms with van der Waals surface area (Å²) in [5.74, 6) is -2.61. The van der Waals surface area contributed by atoms with Crippen molar-refractivity contribution < 1.29 is 31.1 Å². The standard InChI is InChI=1S/C14H8F6N2O/c15-13(16,17)10(7-11(23)14(18,19)20)22-9-5-1-3-8-4-2-6-21-12(8)9/h1-7,22H/b10-7+. The Balaban J connectivity index is 2.46. The Bertz CT molecular complexity index is 758. The number of rotatable bonds is 3. The summed E-state index contributed by atoms with van der Waals surface area (Å²) in [4.78, 5) is 14.7. The molecule has 0 fully saturated rings. The molecule has 0 aliphatic rings. The van der Waals surface area contributed by atoms with Crippen molar-refractivity contribution in [3.05, 3.63) is 48.3 Å². The first kappa shape index (κ1) is 16.8. The van der Waals surface area contributed by atoms with Gasteiger partial charge in [-0.2, -0.15) is 26.3 Å². The normalized spacial score (nSPS) is 13.2. The molecule has 0 aliphatic carbocycles. The number of hydrogen-bond donors (Lipinski definition) is 1. The quantitative estimate of drug-likeness (QED) is 0.675. The van der Waals surface area contributed by atoms with E-state index >= 15 is 0 Å². The van der Waals surface area contributed by atoms with Crippen LogP contribution in [0.5, 0.6) is 0 Å². The minimum absolute atomic E-state index is 0.129. The van der Waals surface area contributed by atoms with Gasteiger partial charge < -0.3 is 5.32 Å². The van der Waals surface area contributed by atoms with Gasteiger partial charge in [-0.1, -0.05) is 18.2 Å². The Hall–Kier alpha value is -2.58. The molecule has 1 heterocycles. The maximum Gasteiger partial charge on any atom is 0.454 e. The van der Waals surface area contributed by atoms with Crippen LogP contribution in [0.3, 0.4) is 0 Å². The van der Waals surface area contributed by atoms with Gasteiger partial charge >= 0.3 is 12.4 Å². The number of pyridine rings is 1. The molecule has 1 N–H and O–H groups in total. The summed E-state index contributed by atoms with van der Waals surface area (Å²) < 4.78 is 75.2. The SMILES string of the molecule is O=C(/C=C(/Nc1cccc2cccnc12)C(F)(F)F)C(F)(F)F. The van der Waals surface area contributed by atoms with E-state index in [0.29, 0.717) is 5.39 Å². The second-order valence-electron chi connectivity index (χ2n) is 4.42. The van der Waals surface area contributed by atoms with Crippen molar-refractivity contribution in [3.63, 3.8) is 0 Å². The molecule has 23 heavy (non-hydrogen) atoms. The fourth-order valence-electron chi connectivity index (χ4n) is 1.75. The van der Waals surface area contributed by atoms with Gasteiger partial charge in [-0.05, 0) is 12.1 Å². The molecular weight excluding hydrogens is 326 g/mol. The molecule has 0 amide bonds. The highest BCUT2D eigenvalue weighted by atomic mass is 19.4. The van der Waals surface area contributed by atoms with Crippen LogP contribution in [0.1, 0.15) is 0 Å². The number of carbonyl (C=O) groups excluding carboxylic acids is 1. The highest BCUT2D eigenvalue weighted by Gasteiger charge is 2.41. The number of carbonyl (C=O) groups is 1. The van der Waals surface area contributed by atoms with Gasteiger partial charge in [0.15, 0.2) is 0 Å². The van der Waals surface area contributed by atoms with E-state index in [1.807, 2.05) is 5.32 Å². The lowest BCUT2D eigenvalue weighted by Crippen LogP contribution is -2.26. The van der Waals surface area contributed by atoms with Crippen LogP contribution in [0.25, 0.3) is 10.9 Å². The van der Waals surface area contributed by atoms with Crippen molar-refractivity contribution in [3.8, 4) is 0 Å². The summed E-state index contributed by atoms with van der Waals surface area (Å²) in [6.07, 6.45) is -9.75. The maximum absolute atomic E-state index is 12.9. The van der Waals surface area contributed by atoms with Gasteiger partial charge in [0.25, 0.3) is 5.78 Å². The number of fused-ring (bicyclic) bond motifs is 1. The molecule has 0 saturated carbocycles. The first-order valence-corrected chi connectivity index (χ1v) is 6.10. The number of hydrogen-bond acceptors (Lipinski definition) is 3. The molecule has 0 bridgehead atoms. The number of benzene rings is 1. The first-order valence-electron chi connectivity index (χ1n) is 6.10. The van der Waals surface area contributed by atoms with Gasteiger partial charge in [0, 0.05) is 17.7 Å². The lowest BCUT2D eigenvalue weighted by atomic mass is 10.2. The third-order valence-electron chi connectivity index (χ3n) is 2.76. The number of para-hydroxylation sites is 1. The molecule has 0 atom stereocenters. The van der Waals surface area contributed by atoms with Crippen molar-refractivity contribution in [2.45, 2.75) is 12.4 Å². The Morgan fingerprint density at radius 3 is 2.26 bits per heavy atom. The summed E-state index contributed by atoms with van der Waals surface area (Å²) in [7, 11) is 0. The van der Waals surface area contributed by atoms with Crippen LogP contribution < -0.4 is 5.32 Å². The van der Waals surface area contributed by atoms with Crippen LogP contribution in [-0.2, 0) is 4.79 Å². The molecule has 0 unspecified atom stereocenters. The Morgan fingerprint density at radius 2 is 1.65 bits per heavy atom. The topological polar surface area (TPSA) is 42.0 Å². The molecule has 0 saturated heterocycles. The lowest BCUT2D eigenvalue weighted by molar-refractivity contribution is -0.165. The van der Waals surface area contributed by atoms with E-state index in [9.17, 15) is 31.1 Å². The molecule has 0 aliphatic heterocycles. The van der Waals surface area contributed by atoms with Crippen LogP contribution in [0.15, 0.2) is 48.3 Å². The van der Waals surface area contributed by atoms with Crippen molar-refractivity contribution >= 4 is 22.4 Å². The van der Waals surface area contributed by atoms with Gasteiger partial charge in [-0.15, -0.1) is 0 Å². The fraction of sp³-hybridized carbons (Fsp3) is 0.143. The molecule has 3 nitrogen and oxygen atoms in total. The van der Waals surface area contributed by atoms with Gasteiger partial charge in [-0.3, -0.25) is 9.78 Å². The van der Waals surface area contributed by atoms with E-state index in [0.717, 1.165) is 0 Å². The monoisotopic (exact) mass is 334 g/mol. The van der Waals surface area contributed by atoms with E-state index in [-0.39, 0.29) is 11.2 Å². The van der Waals surface area contributed by atoms with Crippen molar-refractivity contribution in [2.24, 2.45) is 0 Å². The average Bonchev–Trinajstić information content (AvgIpc) is 2.44. The van der Waals surface area contributed by atoms with Crippen LogP contribution >= 0.6 is 0 Å². The highest BCUT2D eigenvalue weighted by Crippen LogP contribution is 2.31. The largest absolute Gasteiger partial charge is 0.454 e. The first-order chi connectivity index (χ1) is 10.6. The summed E-state index contributed by atoms with van der Waals surface area (Å²) in [5, 5.41) is 2.30. The van der Waals surface area contributed by atoms with Gasteiger partial charge in [0.1, 0.15) is 5.70 Å². The van der Waals surface area contributed by atoms with E-state index < -0.39 is 29.9 Å². The number of anilines is 1. The van der Waals surface area contributed by atoms with Crippen LogP contribution in [-0.4, -0.2) is 23.1 Å². The van der Waals surface area contributed by atoms with Crippen molar-refractivity contribution in [1.29, 1.82) is 0 Å². The van der Waals surface area contributed by atoms with Crippen LogP contribution in [0, 0.1) is 0 Å². The minimum Gasteiger partial charge on any atom is -0.350 e. The third kappa shape index (κ3) is 3.99. The Labute approximate surface area is 125 Å². The predicted octanol–water partition coefficient (Wildman–Crippen LogP) is 4.22. The second-order valence-corrected chi connectivity index (χ2v) is 4.42. The molecule has 1 aromatic carbocycles. The zero-order valence-corrected chi connectivity index (χ0v) is 11.2. The maximum atomic E-state index is 12.9. The van der Waals surface area contributed by atoms with Gasteiger partial charge in [0.2, 0.25) is 0 Å². The number of aromatic nitrogens is 1. The fourth-order valence-corrected chi connectivity index (χ4v) is 1.75. The van der Waals surface area contributed by atoms with Crippen LogP contribution in [0.4, 0.5) is 32.0 Å². The minimum atomic E-state index is -5.39. The Kier molecular flexibility index (Phi) is 4.31. The molecule has 122 valence electrons. The van der Waals surface area contributed by atoms with Gasteiger partial charge in [0.05, 0.1) is 11.2 Å². The zero-order valence-electron chi connectivity index (χ0n) is 11.2. The van der Waals surface area contributed by atoms with E-state index in [1.54, 1.807) is 18.2 Å². The lowest BCUT2D eigenvalue weighted by Gasteiger charge is -2.15. The van der Waals surface area contributed by atoms with E-state index in [2.05, 4.69) is 4.98 Å². The smallest absolute Gasteiger partial charge is 0.350 e. The Morgan fingerprint density at radius 1 is 1.00 bits per heavy atom. The molecule has 1 aromatic heterocycles. The molecule has 2 aromatic rings. The molecule has 0 spiro atoms. The van der Waals surface area contributed by atoms with E-state index in [4.69, 9.17) is 0 Å². The van der Waals surface area contributed by atoms with Crippen molar-refractivity contribution in [2.75, 3.05) is 5.32 Å². The number of nitrogens with one attached hydrogen (secondary N) is 1. The summed E-state index contributed by atoms with van der Waals surface area (Å²) in [5.41, 5.74) is -1.86. The summed E-state index contributed by atoms with van der Waals surface area (Å²) in [6.45, 7) is 0. The molecule has 9 heteroatoms. The summed E-state index contributed by atoms with van der Waals surface area (Å²) in [6, 6.07) is 7.33. The number of nitrogens with zero attached hydrogens (tertiary/aromatic N) is 1. The van der Waals surface area contributed by atoms with Crippen LogP contribution in [0.2, 0.25) is 0 Å². The van der Waals surface area contributed by atoms with Gasteiger partial charge in [-0.25, -0.2) is 0 Å². The number of allylic oxidation sites excluding steroid dienone is 2. The predicted molar refractivity (Wildman–Crippen MR) is 70.6 cm³/mol. The molecule has 0 radical (unpaired) electrons. The van der Waals surface area contributed by atoms with E-state index in [1.165, 1.54) is 18.3 Å². The molecule has 2 rings (SSSR count). The number of halogens is 6. The second kappa shape index (κ2) is 5.90. The third-order valence-corrected chi connectivity index (χ3v) is 2.76. The average molecular weight is 334 g/mol. The zero-order chi connectivity index (χ0) is 17.3.